The first-order valence-corrected chi connectivity index (χ1v) is 5.60. The lowest BCUT2D eigenvalue weighted by Crippen LogP contribution is -2.11. The van der Waals surface area contributed by atoms with Crippen molar-refractivity contribution in [1.82, 2.24) is 0 Å². The van der Waals surface area contributed by atoms with E-state index in [9.17, 15) is 9.50 Å². The number of ether oxygens (including phenoxy) is 2. The van der Waals surface area contributed by atoms with E-state index in [1.165, 1.54) is 19.2 Å². The highest BCUT2D eigenvalue weighted by Gasteiger charge is 2.17. The van der Waals surface area contributed by atoms with Crippen LogP contribution in [-0.2, 0) is 4.74 Å². The second kappa shape index (κ2) is 6.57. The van der Waals surface area contributed by atoms with E-state index in [-0.39, 0.29) is 11.7 Å². The third-order valence-corrected chi connectivity index (χ3v) is 2.83. The summed E-state index contributed by atoms with van der Waals surface area (Å²) in [6.45, 7) is 2.52. The number of halogens is 1. The molecule has 0 aliphatic rings. The second-order valence-electron chi connectivity index (χ2n) is 4.10. The zero-order valence-corrected chi connectivity index (χ0v) is 10.4. The number of rotatable bonds is 6. The van der Waals surface area contributed by atoms with Gasteiger partial charge in [0.2, 0.25) is 0 Å². The molecule has 0 aliphatic heterocycles. The summed E-state index contributed by atoms with van der Waals surface area (Å²) in [4.78, 5) is 0. The fraction of sp³-hybridized carbons (Fsp3) is 0.538. The molecule has 0 fully saturated rings. The normalized spacial score (nSPS) is 14.4. The van der Waals surface area contributed by atoms with Crippen molar-refractivity contribution in [2.24, 2.45) is 5.92 Å². The van der Waals surface area contributed by atoms with Crippen LogP contribution in [0.15, 0.2) is 18.2 Å². The Morgan fingerprint density at radius 3 is 2.65 bits per heavy atom. The maximum atomic E-state index is 13.2. The molecule has 0 saturated carbocycles. The van der Waals surface area contributed by atoms with E-state index < -0.39 is 11.9 Å². The predicted molar refractivity (Wildman–Crippen MR) is 63.6 cm³/mol. The Balaban J connectivity index is 2.77. The maximum absolute atomic E-state index is 13.2. The van der Waals surface area contributed by atoms with Crippen LogP contribution in [0.25, 0.3) is 0 Å². The minimum atomic E-state index is -0.639. The minimum Gasteiger partial charge on any atom is -0.494 e. The first-order valence-electron chi connectivity index (χ1n) is 5.60. The van der Waals surface area contributed by atoms with Crippen molar-refractivity contribution in [1.29, 1.82) is 0 Å². The molecule has 2 unspecified atom stereocenters. The molecule has 0 bridgehead atoms. The Morgan fingerprint density at radius 1 is 1.35 bits per heavy atom. The van der Waals surface area contributed by atoms with E-state index in [2.05, 4.69) is 0 Å². The highest BCUT2D eigenvalue weighted by Crippen LogP contribution is 2.28. The maximum Gasteiger partial charge on any atom is 0.165 e. The molecule has 0 heterocycles. The fourth-order valence-corrected chi connectivity index (χ4v) is 1.65. The number of hydrogen-bond donors (Lipinski definition) is 1. The summed E-state index contributed by atoms with van der Waals surface area (Å²) in [6.07, 6.45) is 0.108. The van der Waals surface area contributed by atoms with Gasteiger partial charge in [-0.05, 0) is 30.0 Å². The molecule has 0 saturated heterocycles. The summed E-state index contributed by atoms with van der Waals surface area (Å²) in [5.74, 6) is -0.224. The third-order valence-electron chi connectivity index (χ3n) is 2.83. The van der Waals surface area contributed by atoms with Crippen molar-refractivity contribution in [3.63, 3.8) is 0 Å². The molecule has 1 aromatic rings. The third kappa shape index (κ3) is 3.68. The molecular weight excluding hydrogens is 223 g/mol. The van der Waals surface area contributed by atoms with Crippen LogP contribution in [0.3, 0.4) is 0 Å². The summed E-state index contributed by atoms with van der Waals surface area (Å²) in [5.41, 5.74) is 0.659. The molecule has 0 aromatic heterocycles. The molecule has 96 valence electrons. The predicted octanol–water partition coefficient (Wildman–Crippen LogP) is 2.54. The molecule has 1 aromatic carbocycles. The van der Waals surface area contributed by atoms with Gasteiger partial charge in [-0.25, -0.2) is 4.39 Å². The van der Waals surface area contributed by atoms with Crippen LogP contribution in [0.2, 0.25) is 0 Å². The lowest BCUT2D eigenvalue weighted by Gasteiger charge is -2.19. The minimum absolute atomic E-state index is 0.0464. The number of hydrogen-bond acceptors (Lipinski definition) is 3. The molecule has 0 radical (unpaired) electrons. The van der Waals surface area contributed by atoms with Crippen molar-refractivity contribution in [3.8, 4) is 5.75 Å². The number of aliphatic hydroxyl groups is 1. The Morgan fingerprint density at radius 2 is 2.06 bits per heavy atom. The van der Waals surface area contributed by atoms with E-state index in [0.717, 1.165) is 6.42 Å². The van der Waals surface area contributed by atoms with Crippen LogP contribution in [0.4, 0.5) is 4.39 Å². The van der Waals surface area contributed by atoms with Crippen molar-refractivity contribution in [2.75, 3.05) is 20.8 Å². The molecule has 0 aliphatic carbocycles. The summed E-state index contributed by atoms with van der Waals surface area (Å²) in [7, 11) is 3.03. The zero-order chi connectivity index (χ0) is 12.8. The van der Waals surface area contributed by atoms with Crippen molar-refractivity contribution >= 4 is 0 Å². The fourth-order valence-electron chi connectivity index (χ4n) is 1.65. The van der Waals surface area contributed by atoms with Crippen molar-refractivity contribution in [2.45, 2.75) is 19.4 Å². The van der Waals surface area contributed by atoms with E-state index in [1.807, 2.05) is 6.92 Å². The highest BCUT2D eigenvalue weighted by molar-refractivity contribution is 5.31. The van der Waals surface area contributed by atoms with Crippen LogP contribution in [0.1, 0.15) is 25.0 Å². The van der Waals surface area contributed by atoms with Gasteiger partial charge in [-0.2, -0.15) is 0 Å². The van der Waals surface area contributed by atoms with Crippen LogP contribution in [0, 0.1) is 11.7 Å². The average Bonchev–Trinajstić information content (AvgIpc) is 2.35. The smallest absolute Gasteiger partial charge is 0.165 e. The zero-order valence-electron chi connectivity index (χ0n) is 10.4. The van der Waals surface area contributed by atoms with Crippen LogP contribution in [0.5, 0.6) is 5.75 Å². The van der Waals surface area contributed by atoms with Gasteiger partial charge in [0.1, 0.15) is 0 Å². The van der Waals surface area contributed by atoms with Crippen LogP contribution in [-0.4, -0.2) is 25.9 Å². The number of methoxy groups -OCH3 is 2. The van der Waals surface area contributed by atoms with Gasteiger partial charge in [0.05, 0.1) is 13.2 Å². The quantitative estimate of drug-likeness (QED) is 0.833. The first-order chi connectivity index (χ1) is 8.10. The molecule has 17 heavy (non-hydrogen) atoms. The Bertz CT molecular complexity index is 355. The monoisotopic (exact) mass is 242 g/mol. The molecule has 1 N–H and O–H groups in total. The van der Waals surface area contributed by atoms with Gasteiger partial charge in [-0.1, -0.05) is 13.0 Å². The average molecular weight is 242 g/mol. The van der Waals surface area contributed by atoms with Gasteiger partial charge < -0.3 is 14.6 Å². The van der Waals surface area contributed by atoms with Gasteiger partial charge in [0, 0.05) is 13.7 Å². The van der Waals surface area contributed by atoms with Gasteiger partial charge in [0.25, 0.3) is 0 Å². The highest BCUT2D eigenvalue weighted by atomic mass is 19.1. The largest absolute Gasteiger partial charge is 0.494 e. The van der Waals surface area contributed by atoms with E-state index >= 15 is 0 Å². The molecular formula is C13H19FO3. The molecule has 1 rings (SSSR count). The first kappa shape index (κ1) is 13.9. The van der Waals surface area contributed by atoms with E-state index in [4.69, 9.17) is 9.47 Å². The summed E-state index contributed by atoms with van der Waals surface area (Å²) < 4.78 is 23.1. The molecule has 0 spiro atoms. The number of benzene rings is 1. The summed E-state index contributed by atoms with van der Waals surface area (Å²) in [6, 6.07) is 4.41. The summed E-state index contributed by atoms with van der Waals surface area (Å²) >= 11 is 0. The van der Waals surface area contributed by atoms with E-state index in [1.54, 1.807) is 13.2 Å². The summed E-state index contributed by atoms with van der Waals surface area (Å²) in [5, 5.41) is 10.1. The standard InChI is InChI=1S/C13H19FO3/c1-9(6-7-16-2)13(15)10-4-5-11(14)12(8-10)17-3/h4-5,8-9,13,15H,6-7H2,1-3H3. The Kier molecular flexibility index (Phi) is 5.38. The van der Waals surface area contributed by atoms with Crippen LogP contribution >= 0.6 is 0 Å². The van der Waals surface area contributed by atoms with Gasteiger partial charge >= 0.3 is 0 Å². The van der Waals surface area contributed by atoms with E-state index in [0.29, 0.717) is 12.2 Å². The lowest BCUT2D eigenvalue weighted by molar-refractivity contribution is 0.0883. The molecule has 0 amide bonds. The van der Waals surface area contributed by atoms with Gasteiger partial charge in [-0.3, -0.25) is 0 Å². The van der Waals surface area contributed by atoms with Gasteiger partial charge in [-0.15, -0.1) is 0 Å². The lowest BCUT2D eigenvalue weighted by atomic mass is 9.95. The van der Waals surface area contributed by atoms with Gasteiger partial charge in [0.15, 0.2) is 11.6 Å². The Hall–Kier alpha value is -1.13. The SMILES string of the molecule is COCCC(C)C(O)c1ccc(F)c(OC)c1. The molecule has 3 nitrogen and oxygen atoms in total. The second-order valence-corrected chi connectivity index (χ2v) is 4.10. The number of aliphatic hydroxyl groups excluding tert-OH is 1. The molecule has 2 atom stereocenters. The van der Waals surface area contributed by atoms with Crippen molar-refractivity contribution < 1.29 is 19.0 Å². The van der Waals surface area contributed by atoms with Crippen molar-refractivity contribution in [3.05, 3.63) is 29.6 Å². The Labute approximate surface area is 101 Å². The van der Waals surface area contributed by atoms with Crippen LogP contribution < -0.4 is 4.74 Å². The topological polar surface area (TPSA) is 38.7 Å². The molecule has 4 heteroatoms.